The first-order valence-corrected chi connectivity index (χ1v) is 22.0. The molecule has 11 heteroatoms. The molecule has 0 unspecified atom stereocenters. The number of aliphatic hydroxyl groups excluding tert-OH is 1. The number of hydrogen-bond donors (Lipinski definition) is 1. The van der Waals surface area contributed by atoms with Crippen molar-refractivity contribution in [2.75, 3.05) is 0 Å². The fraction of sp³-hybridized carbons (Fsp3) is 0.256. The largest absolute Gasteiger partial charge is 0.403 e. The van der Waals surface area contributed by atoms with Crippen LogP contribution in [-0.4, -0.2) is 23.4 Å². The maximum absolute atomic E-state index is 8.98. The summed E-state index contributed by atoms with van der Waals surface area (Å²) in [6.07, 6.45) is 1.69. The van der Waals surface area contributed by atoms with Crippen LogP contribution in [0.1, 0.15) is 63.2 Å². The van der Waals surface area contributed by atoms with Gasteiger partial charge in [-0.15, -0.1) is 32.6 Å². The maximum atomic E-state index is 8.98. The van der Waals surface area contributed by atoms with Gasteiger partial charge in [-0.05, 0) is 37.7 Å². The first-order valence-electron chi connectivity index (χ1n) is 17.1. The van der Waals surface area contributed by atoms with Crippen LogP contribution in [0, 0.1) is 13.1 Å². The average molecular weight is 807 g/mol. The molecule has 278 valence electrons. The van der Waals surface area contributed by atoms with E-state index in [-0.39, 0.29) is 19.1 Å². The van der Waals surface area contributed by atoms with Crippen LogP contribution in [-0.2, 0) is 52.9 Å². The molecule has 0 saturated carbocycles. The Bertz CT molecular complexity index is 2090. The Morgan fingerprint density at radius 2 is 1.06 bits per heavy atom. The second-order valence-corrected chi connectivity index (χ2v) is 19.4. The molecule has 0 aliphatic rings. The molecule has 6 rings (SSSR count). The van der Waals surface area contributed by atoms with E-state index in [0.29, 0.717) is 18.2 Å². The minimum atomic E-state index is -2.57. The Morgan fingerprint density at radius 1 is 0.667 bits per heavy atom. The SMILES string of the molecule is C.S=S.[C-]#[N+]c1nc(CC)sc1-c1ccc(CO)cc1.[C-]#[N+]c1nc(CC)sc1-c1ccc(CO[Si](c2ccccc2)(c2ccccc2)C(C)(C)C)cc1. The third-order valence-electron chi connectivity index (χ3n) is 8.61. The molecule has 2 aromatic heterocycles. The molecule has 0 bridgehead atoms. The highest BCUT2D eigenvalue weighted by atomic mass is 32.8. The van der Waals surface area contributed by atoms with Gasteiger partial charge in [0.05, 0.1) is 23.0 Å². The van der Waals surface area contributed by atoms with Crippen LogP contribution in [0.4, 0.5) is 11.6 Å². The van der Waals surface area contributed by atoms with E-state index in [1.807, 2.05) is 31.2 Å². The highest BCUT2D eigenvalue weighted by molar-refractivity contribution is 8.07. The first-order chi connectivity index (χ1) is 25.7. The number of aromatic nitrogens is 2. The van der Waals surface area contributed by atoms with Gasteiger partial charge in [0.25, 0.3) is 20.0 Å². The fourth-order valence-electron chi connectivity index (χ4n) is 6.01. The van der Waals surface area contributed by atoms with Gasteiger partial charge in [0.1, 0.15) is 0 Å². The van der Waals surface area contributed by atoms with Gasteiger partial charge in [0, 0.05) is 35.2 Å². The molecule has 0 atom stereocenters. The molecule has 0 aliphatic heterocycles. The van der Waals surface area contributed by atoms with Gasteiger partial charge < -0.3 is 19.2 Å². The molecule has 0 saturated heterocycles. The average Bonchev–Trinajstić information content (AvgIpc) is 3.84. The molecule has 6 aromatic rings. The summed E-state index contributed by atoms with van der Waals surface area (Å²) in [6, 6.07) is 37.4. The summed E-state index contributed by atoms with van der Waals surface area (Å²) in [4.78, 5) is 17.7. The normalized spacial score (nSPS) is 10.7. The maximum Gasteiger partial charge on any atom is 0.288 e. The van der Waals surface area contributed by atoms with Gasteiger partial charge in [-0.2, -0.15) is 0 Å². The summed E-state index contributed by atoms with van der Waals surface area (Å²) < 4.78 is 7.04. The van der Waals surface area contributed by atoms with E-state index in [2.05, 4.69) is 155 Å². The summed E-state index contributed by atoms with van der Waals surface area (Å²) in [5.41, 5.74) is 4.03. The Balaban J connectivity index is 0.000000330. The van der Waals surface area contributed by atoms with Gasteiger partial charge in [-0.25, -0.2) is 0 Å². The monoisotopic (exact) mass is 806 g/mol. The van der Waals surface area contributed by atoms with Gasteiger partial charge in [-0.3, -0.25) is 0 Å². The zero-order chi connectivity index (χ0) is 38.4. The van der Waals surface area contributed by atoms with Crippen LogP contribution in [0.15, 0.2) is 109 Å². The smallest absolute Gasteiger partial charge is 0.288 e. The van der Waals surface area contributed by atoms with Crippen molar-refractivity contribution in [1.29, 1.82) is 0 Å². The lowest BCUT2D eigenvalue weighted by Crippen LogP contribution is -2.66. The zero-order valence-corrected chi connectivity index (χ0v) is 34.8. The first kappa shape index (κ1) is 44.1. The lowest BCUT2D eigenvalue weighted by molar-refractivity contribution is 0.282. The predicted molar refractivity (Wildman–Crippen MR) is 236 cm³/mol. The number of benzene rings is 4. The van der Waals surface area contributed by atoms with Gasteiger partial charge in [-0.1, -0.05) is 164 Å². The highest BCUT2D eigenvalue weighted by Crippen LogP contribution is 2.39. The van der Waals surface area contributed by atoms with E-state index in [1.54, 1.807) is 22.7 Å². The van der Waals surface area contributed by atoms with Gasteiger partial charge >= 0.3 is 0 Å². The second kappa shape index (κ2) is 21.0. The minimum absolute atomic E-state index is 0. The minimum Gasteiger partial charge on any atom is -0.403 e. The summed E-state index contributed by atoms with van der Waals surface area (Å²) in [5, 5.41) is 13.5. The van der Waals surface area contributed by atoms with E-state index in [9.17, 15) is 0 Å². The Kier molecular flexibility index (Phi) is 17.1. The lowest BCUT2D eigenvalue weighted by atomic mass is 10.1. The molecule has 54 heavy (non-hydrogen) atoms. The van der Waals surface area contributed by atoms with Crippen molar-refractivity contribution >= 4 is 75.4 Å². The molecule has 6 nitrogen and oxygen atoms in total. The predicted octanol–water partition coefficient (Wildman–Crippen LogP) is 11.0. The summed E-state index contributed by atoms with van der Waals surface area (Å²) in [7, 11) is -2.57. The van der Waals surface area contributed by atoms with E-state index in [0.717, 1.165) is 54.9 Å². The van der Waals surface area contributed by atoms with E-state index < -0.39 is 8.32 Å². The van der Waals surface area contributed by atoms with Crippen molar-refractivity contribution in [3.8, 4) is 20.9 Å². The molecule has 4 aromatic carbocycles. The van der Waals surface area contributed by atoms with Crippen molar-refractivity contribution < 1.29 is 9.53 Å². The summed E-state index contributed by atoms with van der Waals surface area (Å²) >= 11 is 10.5. The fourth-order valence-corrected chi connectivity index (χ4v) is 12.4. The van der Waals surface area contributed by atoms with E-state index >= 15 is 0 Å². The zero-order valence-electron chi connectivity index (χ0n) is 30.5. The molecular weight excluding hydrogens is 761 g/mol. The summed E-state index contributed by atoms with van der Waals surface area (Å²) in [5.74, 6) is 0.974. The standard InChI is InChI=1S/C29H30N2OSSi.C13H12N2OS.CH4.S2/c1-6-26-31-28(30-5)27(33-26)23-19-17-22(18-20-23)21-32-34(29(2,3)4,24-13-9-7-10-14-24)25-15-11-8-12-16-25;1-3-11-15-13(14-2)12(17-11)10-6-4-9(8-16)5-7-10;;1-2/h7-20H,6,21H2,1-4H3;4-7,16H,3,8H2,1H3;1H4;. The third kappa shape index (κ3) is 10.3. The Labute approximate surface area is 340 Å². The molecule has 0 radical (unpaired) electrons. The van der Waals surface area contributed by atoms with E-state index in [4.69, 9.17) is 22.7 Å². The number of rotatable bonds is 10. The van der Waals surface area contributed by atoms with Gasteiger partial charge in [0.15, 0.2) is 10.0 Å². The quantitative estimate of drug-likeness (QED) is 0.110. The van der Waals surface area contributed by atoms with Crippen LogP contribution in [0.2, 0.25) is 5.04 Å². The van der Waals surface area contributed by atoms with Crippen LogP contribution in [0.5, 0.6) is 0 Å². The number of aryl methyl sites for hydroxylation is 2. The topological polar surface area (TPSA) is 64.0 Å². The highest BCUT2D eigenvalue weighted by Gasteiger charge is 2.50. The van der Waals surface area contributed by atoms with Crippen LogP contribution < -0.4 is 10.4 Å². The van der Waals surface area contributed by atoms with Crippen molar-refractivity contribution in [2.24, 2.45) is 0 Å². The second-order valence-electron chi connectivity index (χ2n) is 13.0. The molecule has 0 fully saturated rings. The lowest BCUT2D eigenvalue weighted by Gasteiger charge is -2.43. The van der Waals surface area contributed by atoms with Crippen molar-refractivity contribution in [3.63, 3.8) is 0 Å². The number of nitrogens with zero attached hydrogens (tertiary/aromatic N) is 4. The molecular formula is C43H46N4O2S4Si. The number of thiazole rings is 2. The van der Waals surface area contributed by atoms with Crippen LogP contribution >= 0.6 is 22.7 Å². The molecule has 2 heterocycles. The molecule has 0 spiro atoms. The van der Waals surface area contributed by atoms with Crippen molar-refractivity contribution in [3.05, 3.63) is 153 Å². The molecule has 0 amide bonds. The summed E-state index contributed by atoms with van der Waals surface area (Å²) in [6.45, 7) is 26.2. The third-order valence-corrected chi connectivity index (χ3v) is 16.1. The Hall–Kier alpha value is -4.30. The van der Waals surface area contributed by atoms with Crippen molar-refractivity contribution in [1.82, 2.24) is 9.97 Å². The van der Waals surface area contributed by atoms with Gasteiger partial charge in [0.2, 0.25) is 0 Å². The number of aliphatic hydroxyl groups is 1. The molecule has 0 aliphatic carbocycles. The van der Waals surface area contributed by atoms with E-state index in [1.165, 1.54) is 10.4 Å². The number of hydrogen-bond acceptors (Lipinski definition) is 8. The van der Waals surface area contributed by atoms with Crippen LogP contribution in [0.3, 0.4) is 0 Å². The Morgan fingerprint density at radius 3 is 1.39 bits per heavy atom. The van der Waals surface area contributed by atoms with Crippen molar-refractivity contribution in [2.45, 2.75) is 73.1 Å². The van der Waals surface area contributed by atoms with Crippen LogP contribution in [0.25, 0.3) is 30.6 Å². The molecule has 1 N–H and O–H groups in total.